The summed E-state index contributed by atoms with van der Waals surface area (Å²) in [4.78, 5) is 17.0. The van der Waals surface area contributed by atoms with Gasteiger partial charge < -0.3 is 14.2 Å². The molecule has 0 N–H and O–H groups in total. The lowest BCUT2D eigenvalue weighted by Crippen LogP contribution is -2.46. The van der Waals surface area contributed by atoms with Crippen LogP contribution in [-0.2, 0) is 13.6 Å². The van der Waals surface area contributed by atoms with Crippen LogP contribution in [0.5, 0.6) is 5.75 Å². The van der Waals surface area contributed by atoms with Crippen molar-refractivity contribution >= 4 is 22.4 Å². The number of anilines is 1. The van der Waals surface area contributed by atoms with E-state index in [1.807, 2.05) is 18.5 Å². The third kappa shape index (κ3) is 3.58. The van der Waals surface area contributed by atoms with Crippen molar-refractivity contribution in [3.8, 4) is 5.75 Å². The van der Waals surface area contributed by atoms with Gasteiger partial charge in [-0.1, -0.05) is 24.3 Å². The molecule has 0 bridgehead atoms. The van der Waals surface area contributed by atoms with E-state index >= 15 is 0 Å². The third-order valence-electron chi connectivity index (χ3n) is 6.37. The molecule has 0 saturated carbocycles. The van der Waals surface area contributed by atoms with Crippen LogP contribution in [0.3, 0.4) is 0 Å². The van der Waals surface area contributed by atoms with Gasteiger partial charge in [0, 0.05) is 57.6 Å². The summed E-state index contributed by atoms with van der Waals surface area (Å²) >= 11 is 0. The number of carbonyl (C=O) groups is 1. The fourth-order valence-corrected chi connectivity index (χ4v) is 4.83. The molecule has 0 radical (unpaired) electrons. The number of para-hydroxylation sites is 1. The molecule has 1 saturated heterocycles. The standard InChI is InChI=1S/C25H31N3O2/c1-17-7-6-8-22(25(17)30-5)28-13-11-27(12-14-28)16-20-9-10-21-18(2)24(19(3)29)26(4)23(21)15-20/h6-10,15H,11-14,16H2,1-5H3. The second kappa shape index (κ2) is 8.15. The Morgan fingerprint density at radius 2 is 1.80 bits per heavy atom. The molecule has 2 aromatic carbocycles. The van der Waals surface area contributed by atoms with E-state index in [1.165, 1.54) is 22.2 Å². The number of Topliss-reactive ketones (excluding diaryl/α,β-unsaturated/α-hetero) is 1. The van der Waals surface area contributed by atoms with E-state index in [-0.39, 0.29) is 5.78 Å². The summed E-state index contributed by atoms with van der Waals surface area (Å²) in [5.41, 5.74) is 6.68. The number of aryl methyl sites for hydroxylation is 3. The van der Waals surface area contributed by atoms with Crippen LogP contribution in [0.25, 0.3) is 10.9 Å². The highest BCUT2D eigenvalue weighted by atomic mass is 16.5. The van der Waals surface area contributed by atoms with Crippen molar-refractivity contribution in [3.63, 3.8) is 0 Å². The van der Waals surface area contributed by atoms with Crippen molar-refractivity contribution in [2.45, 2.75) is 27.3 Å². The maximum absolute atomic E-state index is 12.0. The number of fused-ring (bicyclic) bond motifs is 1. The molecule has 1 aromatic heterocycles. The van der Waals surface area contributed by atoms with Gasteiger partial charge in [-0.2, -0.15) is 0 Å². The van der Waals surface area contributed by atoms with E-state index in [4.69, 9.17) is 4.74 Å². The number of piperazine rings is 1. The highest BCUT2D eigenvalue weighted by Gasteiger charge is 2.21. The van der Waals surface area contributed by atoms with Gasteiger partial charge in [-0.25, -0.2) is 0 Å². The molecular weight excluding hydrogens is 374 g/mol. The molecule has 5 nitrogen and oxygen atoms in total. The average Bonchev–Trinajstić information content (AvgIpc) is 2.98. The predicted octanol–water partition coefficient (Wildman–Crippen LogP) is 4.33. The Bertz CT molecular complexity index is 1090. The summed E-state index contributed by atoms with van der Waals surface area (Å²) in [7, 11) is 3.74. The largest absolute Gasteiger partial charge is 0.494 e. The molecule has 4 rings (SSSR count). The van der Waals surface area contributed by atoms with Crippen molar-refractivity contribution in [2.75, 3.05) is 38.2 Å². The van der Waals surface area contributed by atoms with Crippen molar-refractivity contribution in [3.05, 3.63) is 58.8 Å². The summed E-state index contributed by atoms with van der Waals surface area (Å²) in [5, 5.41) is 1.17. The highest BCUT2D eigenvalue weighted by Crippen LogP contribution is 2.32. The lowest BCUT2D eigenvalue weighted by molar-refractivity contribution is 0.101. The Labute approximate surface area is 178 Å². The fraction of sp³-hybridized carbons (Fsp3) is 0.400. The third-order valence-corrected chi connectivity index (χ3v) is 6.37. The maximum atomic E-state index is 12.0. The molecule has 0 spiro atoms. The second-order valence-corrected chi connectivity index (χ2v) is 8.33. The minimum Gasteiger partial charge on any atom is -0.494 e. The van der Waals surface area contributed by atoms with Gasteiger partial charge in [0.1, 0.15) is 5.75 Å². The average molecular weight is 406 g/mol. The number of methoxy groups -OCH3 is 1. The minimum absolute atomic E-state index is 0.121. The number of benzene rings is 2. The maximum Gasteiger partial charge on any atom is 0.176 e. The Kier molecular flexibility index (Phi) is 5.56. The molecule has 0 aliphatic carbocycles. The second-order valence-electron chi connectivity index (χ2n) is 8.33. The van der Waals surface area contributed by atoms with Crippen LogP contribution < -0.4 is 9.64 Å². The van der Waals surface area contributed by atoms with E-state index < -0.39 is 0 Å². The minimum atomic E-state index is 0.121. The number of rotatable bonds is 5. The van der Waals surface area contributed by atoms with Gasteiger partial charge in [0.15, 0.2) is 5.78 Å². The van der Waals surface area contributed by atoms with Crippen LogP contribution in [0.4, 0.5) is 5.69 Å². The normalized spacial score (nSPS) is 15.0. The summed E-state index contributed by atoms with van der Waals surface area (Å²) < 4.78 is 7.69. The molecule has 0 amide bonds. The molecule has 2 heterocycles. The number of hydrogen-bond donors (Lipinski definition) is 0. The Morgan fingerprint density at radius 3 is 2.47 bits per heavy atom. The van der Waals surface area contributed by atoms with Crippen LogP contribution >= 0.6 is 0 Å². The Morgan fingerprint density at radius 1 is 1.07 bits per heavy atom. The van der Waals surface area contributed by atoms with E-state index in [2.05, 4.69) is 53.1 Å². The monoisotopic (exact) mass is 405 g/mol. The van der Waals surface area contributed by atoms with Gasteiger partial charge in [-0.05, 0) is 42.7 Å². The first-order valence-corrected chi connectivity index (χ1v) is 10.6. The number of carbonyl (C=O) groups excluding carboxylic acids is 1. The van der Waals surface area contributed by atoms with Crippen molar-refractivity contribution < 1.29 is 9.53 Å². The number of hydrogen-bond acceptors (Lipinski definition) is 4. The molecule has 0 unspecified atom stereocenters. The van der Waals surface area contributed by atoms with E-state index in [0.29, 0.717) is 0 Å². The van der Waals surface area contributed by atoms with Crippen molar-refractivity contribution in [2.24, 2.45) is 7.05 Å². The summed E-state index contributed by atoms with van der Waals surface area (Å²) in [6.07, 6.45) is 0. The lowest BCUT2D eigenvalue weighted by atomic mass is 10.1. The number of ketones is 1. The first-order valence-electron chi connectivity index (χ1n) is 10.6. The van der Waals surface area contributed by atoms with Crippen LogP contribution in [-0.4, -0.2) is 48.5 Å². The molecule has 5 heteroatoms. The van der Waals surface area contributed by atoms with E-state index in [9.17, 15) is 4.79 Å². The summed E-state index contributed by atoms with van der Waals surface area (Å²) in [6, 6.07) is 13.0. The van der Waals surface area contributed by atoms with E-state index in [0.717, 1.165) is 55.2 Å². The zero-order valence-corrected chi connectivity index (χ0v) is 18.7. The highest BCUT2D eigenvalue weighted by molar-refractivity contribution is 6.01. The van der Waals surface area contributed by atoms with Crippen LogP contribution in [0.2, 0.25) is 0 Å². The Hall–Kier alpha value is -2.79. The molecule has 3 aromatic rings. The van der Waals surface area contributed by atoms with Gasteiger partial charge in [-0.15, -0.1) is 0 Å². The molecular formula is C25H31N3O2. The first kappa shape index (κ1) is 20.5. The Balaban J connectivity index is 1.48. The molecule has 1 aliphatic heterocycles. The zero-order chi connectivity index (χ0) is 21.4. The van der Waals surface area contributed by atoms with Gasteiger partial charge >= 0.3 is 0 Å². The predicted molar refractivity (Wildman–Crippen MR) is 123 cm³/mol. The van der Waals surface area contributed by atoms with Gasteiger partial charge in [0.25, 0.3) is 0 Å². The molecule has 30 heavy (non-hydrogen) atoms. The van der Waals surface area contributed by atoms with Crippen LogP contribution in [0, 0.1) is 13.8 Å². The molecule has 158 valence electrons. The fourth-order valence-electron chi connectivity index (χ4n) is 4.83. The van der Waals surface area contributed by atoms with Crippen LogP contribution in [0.15, 0.2) is 36.4 Å². The number of nitrogens with zero attached hydrogens (tertiary/aromatic N) is 3. The summed E-state index contributed by atoms with van der Waals surface area (Å²) in [5.74, 6) is 1.10. The molecule has 1 fully saturated rings. The van der Waals surface area contributed by atoms with Gasteiger partial charge in [-0.3, -0.25) is 9.69 Å². The lowest BCUT2D eigenvalue weighted by Gasteiger charge is -2.37. The van der Waals surface area contributed by atoms with Crippen LogP contribution in [0.1, 0.15) is 34.1 Å². The molecule has 0 atom stereocenters. The van der Waals surface area contributed by atoms with Crippen molar-refractivity contribution in [1.82, 2.24) is 9.47 Å². The number of ether oxygens (including phenoxy) is 1. The number of aromatic nitrogens is 1. The quantitative estimate of drug-likeness (QED) is 0.592. The SMILES string of the molecule is COc1c(C)cccc1N1CCN(Cc2ccc3c(C)c(C(C)=O)n(C)c3c2)CC1. The van der Waals surface area contributed by atoms with Gasteiger partial charge in [0.05, 0.1) is 18.5 Å². The summed E-state index contributed by atoms with van der Waals surface area (Å²) in [6.45, 7) is 10.7. The topological polar surface area (TPSA) is 37.7 Å². The van der Waals surface area contributed by atoms with Crippen molar-refractivity contribution in [1.29, 1.82) is 0 Å². The van der Waals surface area contributed by atoms with E-state index in [1.54, 1.807) is 14.0 Å². The van der Waals surface area contributed by atoms with Gasteiger partial charge in [0.2, 0.25) is 0 Å². The first-order chi connectivity index (χ1) is 14.4. The smallest absolute Gasteiger partial charge is 0.176 e. The molecule has 1 aliphatic rings. The zero-order valence-electron chi connectivity index (χ0n) is 18.7.